The van der Waals surface area contributed by atoms with Crippen molar-refractivity contribution in [3.63, 3.8) is 0 Å². The Bertz CT molecular complexity index is 1350. The van der Waals surface area contributed by atoms with E-state index in [1.165, 1.54) is 24.3 Å². The molecule has 202 valence electrons. The fraction of sp³-hybridized carbons (Fsp3) is 0.357. The molecule has 5 nitrogen and oxygen atoms in total. The van der Waals surface area contributed by atoms with Gasteiger partial charge in [0.2, 0.25) is 0 Å². The van der Waals surface area contributed by atoms with E-state index >= 15 is 0 Å². The number of nitrogens with one attached hydrogen (secondary N) is 1. The van der Waals surface area contributed by atoms with Crippen LogP contribution < -0.4 is 15.8 Å². The Morgan fingerprint density at radius 3 is 2.45 bits per heavy atom. The molecule has 1 unspecified atom stereocenters. The summed E-state index contributed by atoms with van der Waals surface area (Å²) in [6, 6.07) is 11.4. The molecule has 0 radical (unpaired) electrons. The van der Waals surface area contributed by atoms with Crippen molar-refractivity contribution in [1.82, 2.24) is 10.3 Å². The number of aryl methyl sites for hydroxylation is 1. The Hall–Kier alpha value is -3.17. The number of nitrogens with zero attached hydrogens (tertiary/aromatic N) is 1. The van der Waals surface area contributed by atoms with Gasteiger partial charge in [0.25, 0.3) is 5.91 Å². The minimum atomic E-state index is -4.73. The first kappa shape index (κ1) is 27.9. The summed E-state index contributed by atoms with van der Waals surface area (Å²) in [5.74, 6) is -2.79. The van der Waals surface area contributed by atoms with Gasteiger partial charge in [0.05, 0.1) is 22.5 Å². The Morgan fingerprint density at radius 2 is 1.87 bits per heavy atom. The molecule has 4 rings (SSSR count). The van der Waals surface area contributed by atoms with Gasteiger partial charge in [0, 0.05) is 23.2 Å². The highest BCUT2D eigenvalue weighted by atomic mass is 35.5. The van der Waals surface area contributed by atoms with E-state index in [2.05, 4.69) is 10.3 Å². The standard InChI is InChI=1S/C28H28ClF4N3O2/c1-15-10-17(5-9-25(15)38-19-6-7-19)26(37)35-14-20(28(31,32)33)24-13-18(27(2,3)34)12-23(36-24)16-4-8-22(30)21(29)11-16/h4-5,8-13,19-20H,6-7,14,34H2,1-3H3,(H,35,37). The lowest BCUT2D eigenvalue weighted by Gasteiger charge is -2.25. The zero-order chi connectivity index (χ0) is 27.8. The van der Waals surface area contributed by atoms with Gasteiger partial charge in [0.15, 0.2) is 0 Å². The molecule has 1 aliphatic carbocycles. The van der Waals surface area contributed by atoms with Crippen LogP contribution in [0.2, 0.25) is 5.02 Å². The van der Waals surface area contributed by atoms with E-state index in [0.717, 1.165) is 24.5 Å². The molecule has 0 saturated heterocycles. The summed E-state index contributed by atoms with van der Waals surface area (Å²) in [7, 11) is 0. The number of alkyl halides is 3. The molecule has 3 N–H and O–H groups in total. The van der Waals surface area contributed by atoms with Crippen molar-refractivity contribution in [3.05, 3.63) is 81.8 Å². The topological polar surface area (TPSA) is 77.2 Å². The van der Waals surface area contributed by atoms with Crippen molar-refractivity contribution >= 4 is 17.5 Å². The molecule has 2 aromatic carbocycles. The summed E-state index contributed by atoms with van der Waals surface area (Å²) in [6.07, 6.45) is -2.59. The number of amides is 1. The quantitative estimate of drug-likeness (QED) is 0.308. The lowest BCUT2D eigenvalue weighted by molar-refractivity contribution is -0.149. The Labute approximate surface area is 223 Å². The van der Waals surface area contributed by atoms with Crippen LogP contribution in [0.4, 0.5) is 17.6 Å². The van der Waals surface area contributed by atoms with Gasteiger partial charge in [-0.25, -0.2) is 4.39 Å². The first-order chi connectivity index (χ1) is 17.7. The third kappa shape index (κ3) is 6.63. The third-order valence-electron chi connectivity index (χ3n) is 6.28. The predicted octanol–water partition coefficient (Wildman–Crippen LogP) is 6.66. The number of benzene rings is 2. The fourth-order valence-corrected chi connectivity index (χ4v) is 4.06. The van der Waals surface area contributed by atoms with Crippen LogP contribution in [0.5, 0.6) is 5.75 Å². The van der Waals surface area contributed by atoms with E-state index in [4.69, 9.17) is 22.1 Å². The van der Waals surface area contributed by atoms with Crippen molar-refractivity contribution in [3.8, 4) is 17.0 Å². The molecule has 0 spiro atoms. The molecule has 1 fully saturated rings. The Morgan fingerprint density at radius 1 is 1.16 bits per heavy atom. The van der Waals surface area contributed by atoms with Crippen molar-refractivity contribution in [2.24, 2.45) is 5.73 Å². The summed E-state index contributed by atoms with van der Waals surface area (Å²) in [5, 5.41) is 2.21. The predicted molar refractivity (Wildman–Crippen MR) is 138 cm³/mol. The highest BCUT2D eigenvalue weighted by molar-refractivity contribution is 6.31. The minimum absolute atomic E-state index is 0.153. The number of carbonyl (C=O) groups is 1. The molecule has 0 aliphatic heterocycles. The second-order valence-corrected chi connectivity index (χ2v) is 10.5. The zero-order valence-electron chi connectivity index (χ0n) is 21.1. The van der Waals surface area contributed by atoms with Crippen LogP contribution in [0.1, 0.15) is 59.8 Å². The lowest BCUT2D eigenvalue weighted by atomic mass is 9.91. The van der Waals surface area contributed by atoms with Gasteiger partial charge in [-0.15, -0.1) is 0 Å². The molecule has 1 saturated carbocycles. The Kier molecular flexibility index (Phi) is 7.72. The van der Waals surface area contributed by atoms with Gasteiger partial charge in [0.1, 0.15) is 17.5 Å². The van der Waals surface area contributed by atoms with E-state index < -0.39 is 35.9 Å². The molecule has 10 heteroatoms. The summed E-state index contributed by atoms with van der Waals surface area (Å²) < 4.78 is 62.3. The maximum Gasteiger partial charge on any atom is 0.398 e. The molecular formula is C28H28ClF4N3O2. The molecule has 1 aromatic heterocycles. The van der Waals surface area contributed by atoms with Crippen molar-refractivity contribution in [2.45, 2.75) is 57.3 Å². The van der Waals surface area contributed by atoms with E-state index in [-0.39, 0.29) is 28.1 Å². The Balaban J connectivity index is 1.63. The SMILES string of the molecule is Cc1cc(C(=O)NCC(c2cc(C(C)(C)N)cc(-c3ccc(F)c(Cl)c3)n2)C(F)(F)F)ccc1OC1CC1. The highest BCUT2D eigenvalue weighted by Crippen LogP contribution is 2.37. The third-order valence-corrected chi connectivity index (χ3v) is 6.57. The summed E-state index contributed by atoms with van der Waals surface area (Å²) in [4.78, 5) is 17.0. The van der Waals surface area contributed by atoms with E-state index in [0.29, 0.717) is 16.9 Å². The number of nitrogens with two attached hydrogens (primary N) is 1. The maximum atomic E-state index is 14.3. The molecule has 1 atom stereocenters. The largest absolute Gasteiger partial charge is 0.490 e. The van der Waals surface area contributed by atoms with Crippen molar-refractivity contribution in [1.29, 1.82) is 0 Å². The van der Waals surface area contributed by atoms with Crippen LogP contribution in [-0.2, 0) is 5.54 Å². The number of hydrogen-bond acceptors (Lipinski definition) is 4. The van der Waals surface area contributed by atoms with Crippen LogP contribution in [0.3, 0.4) is 0 Å². The van der Waals surface area contributed by atoms with Crippen molar-refractivity contribution < 1.29 is 27.1 Å². The number of halogens is 5. The monoisotopic (exact) mass is 549 g/mol. The number of hydrogen-bond donors (Lipinski definition) is 2. The number of pyridine rings is 1. The van der Waals surface area contributed by atoms with Gasteiger partial charge in [-0.2, -0.15) is 13.2 Å². The zero-order valence-corrected chi connectivity index (χ0v) is 21.9. The molecule has 1 aliphatic rings. The normalized spacial score (nSPS) is 14.8. The number of aromatic nitrogens is 1. The molecule has 3 aromatic rings. The second-order valence-electron chi connectivity index (χ2n) is 10.1. The van der Waals surface area contributed by atoms with Crippen LogP contribution in [-0.4, -0.2) is 29.7 Å². The summed E-state index contributed by atoms with van der Waals surface area (Å²) in [5.41, 5.74) is 6.71. The number of carbonyl (C=O) groups excluding carboxylic acids is 1. The van der Waals surface area contributed by atoms with Crippen LogP contribution in [0, 0.1) is 12.7 Å². The lowest BCUT2D eigenvalue weighted by Crippen LogP contribution is -2.36. The van der Waals surface area contributed by atoms with Crippen LogP contribution in [0.25, 0.3) is 11.3 Å². The molecule has 0 bridgehead atoms. The highest BCUT2D eigenvalue weighted by Gasteiger charge is 2.42. The average molecular weight is 550 g/mol. The summed E-state index contributed by atoms with van der Waals surface area (Å²) >= 11 is 5.90. The molecular weight excluding hydrogens is 522 g/mol. The second kappa shape index (κ2) is 10.5. The van der Waals surface area contributed by atoms with Gasteiger partial charge in [-0.3, -0.25) is 9.78 Å². The van der Waals surface area contributed by atoms with Crippen LogP contribution in [0.15, 0.2) is 48.5 Å². The molecule has 1 amide bonds. The van der Waals surface area contributed by atoms with Crippen molar-refractivity contribution in [2.75, 3.05) is 6.54 Å². The first-order valence-electron chi connectivity index (χ1n) is 12.1. The van der Waals surface area contributed by atoms with Crippen LogP contribution >= 0.6 is 11.6 Å². The first-order valence-corrected chi connectivity index (χ1v) is 12.5. The minimum Gasteiger partial charge on any atom is -0.490 e. The molecule has 38 heavy (non-hydrogen) atoms. The smallest absolute Gasteiger partial charge is 0.398 e. The van der Waals surface area contributed by atoms with E-state index in [9.17, 15) is 22.4 Å². The number of ether oxygens (including phenoxy) is 1. The summed E-state index contributed by atoms with van der Waals surface area (Å²) in [6.45, 7) is 4.33. The number of rotatable bonds is 8. The van der Waals surface area contributed by atoms with Gasteiger partial charge < -0.3 is 15.8 Å². The van der Waals surface area contributed by atoms with E-state index in [1.807, 2.05) is 0 Å². The van der Waals surface area contributed by atoms with E-state index in [1.54, 1.807) is 39.0 Å². The van der Waals surface area contributed by atoms with Gasteiger partial charge >= 0.3 is 6.18 Å². The fourth-order valence-electron chi connectivity index (χ4n) is 3.88. The average Bonchev–Trinajstić information content (AvgIpc) is 3.64. The molecule has 1 heterocycles. The van der Waals surface area contributed by atoms with Gasteiger partial charge in [-0.05, 0) is 93.3 Å². The maximum absolute atomic E-state index is 14.3. The van der Waals surface area contributed by atoms with Gasteiger partial charge in [-0.1, -0.05) is 11.6 Å².